The second kappa shape index (κ2) is 6.50. The molecule has 0 unspecified atom stereocenters. The number of carbonyl (C=O) groups is 1. The Hall–Kier alpha value is -2.21. The number of fused-ring (bicyclic) bond motifs is 1. The van der Waals surface area contributed by atoms with Gasteiger partial charge < -0.3 is 4.74 Å². The zero-order valence-electron chi connectivity index (χ0n) is 13.5. The van der Waals surface area contributed by atoms with Crippen molar-refractivity contribution in [3.63, 3.8) is 0 Å². The first-order valence-corrected chi connectivity index (χ1v) is 7.86. The third-order valence-corrected chi connectivity index (χ3v) is 4.37. The van der Waals surface area contributed by atoms with E-state index in [1.165, 1.54) is 7.11 Å². The molecular formula is C17H21N3O3. The highest BCUT2D eigenvalue weighted by Gasteiger charge is 2.25. The van der Waals surface area contributed by atoms with Crippen LogP contribution in [0, 0.1) is 12.8 Å². The SMILES string of the molecule is COC(=O)C1CCN(Cc2cc(=O)n3cc(C)ccc3n2)CC1. The number of likely N-dealkylation sites (tertiary alicyclic amines) is 1. The topological polar surface area (TPSA) is 63.9 Å². The van der Waals surface area contributed by atoms with Crippen molar-refractivity contribution in [3.05, 3.63) is 46.0 Å². The van der Waals surface area contributed by atoms with E-state index in [2.05, 4.69) is 9.88 Å². The van der Waals surface area contributed by atoms with Crippen LogP contribution in [0.3, 0.4) is 0 Å². The maximum atomic E-state index is 12.2. The number of rotatable bonds is 3. The van der Waals surface area contributed by atoms with Crippen LogP contribution in [0.25, 0.3) is 5.65 Å². The van der Waals surface area contributed by atoms with Gasteiger partial charge in [0.1, 0.15) is 5.65 Å². The second-order valence-corrected chi connectivity index (χ2v) is 6.09. The van der Waals surface area contributed by atoms with Crippen LogP contribution in [-0.2, 0) is 16.1 Å². The Labute approximate surface area is 134 Å². The van der Waals surface area contributed by atoms with E-state index < -0.39 is 0 Å². The lowest BCUT2D eigenvalue weighted by molar-refractivity contribution is -0.147. The molecule has 0 bridgehead atoms. The minimum absolute atomic E-state index is 0.00517. The van der Waals surface area contributed by atoms with Gasteiger partial charge in [0.15, 0.2) is 0 Å². The number of esters is 1. The molecule has 1 fully saturated rings. The van der Waals surface area contributed by atoms with Gasteiger partial charge in [0, 0.05) is 18.8 Å². The molecule has 3 rings (SSSR count). The standard InChI is InChI=1S/C17H21N3O3/c1-12-3-4-15-18-14(9-16(21)20(15)10-12)11-19-7-5-13(6-8-19)17(22)23-2/h3-4,9-10,13H,5-8,11H2,1-2H3. The fourth-order valence-electron chi connectivity index (χ4n) is 3.06. The molecule has 0 radical (unpaired) electrons. The lowest BCUT2D eigenvalue weighted by Gasteiger charge is -2.30. The number of aryl methyl sites for hydroxylation is 1. The minimum Gasteiger partial charge on any atom is -0.469 e. The van der Waals surface area contributed by atoms with E-state index in [0.29, 0.717) is 12.2 Å². The Morgan fingerprint density at radius 3 is 2.78 bits per heavy atom. The molecule has 2 aromatic rings. The fraction of sp³-hybridized carbons (Fsp3) is 0.471. The normalized spacial score (nSPS) is 16.6. The van der Waals surface area contributed by atoms with Gasteiger partial charge in [-0.3, -0.25) is 18.9 Å². The Morgan fingerprint density at radius 2 is 2.09 bits per heavy atom. The predicted molar refractivity (Wildman–Crippen MR) is 86.2 cm³/mol. The maximum absolute atomic E-state index is 12.2. The van der Waals surface area contributed by atoms with E-state index in [1.54, 1.807) is 16.7 Å². The molecule has 0 spiro atoms. The molecule has 0 aromatic carbocycles. The summed E-state index contributed by atoms with van der Waals surface area (Å²) in [7, 11) is 1.43. The number of nitrogens with zero attached hydrogens (tertiary/aromatic N) is 3. The summed E-state index contributed by atoms with van der Waals surface area (Å²) >= 11 is 0. The van der Waals surface area contributed by atoms with Crippen LogP contribution in [0.5, 0.6) is 0 Å². The Morgan fingerprint density at radius 1 is 1.35 bits per heavy atom. The summed E-state index contributed by atoms with van der Waals surface area (Å²) in [6.45, 7) is 4.21. The van der Waals surface area contributed by atoms with Crippen molar-refractivity contribution in [2.75, 3.05) is 20.2 Å². The van der Waals surface area contributed by atoms with Crippen LogP contribution >= 0.6 is 0 Å². The van der Waals surface area contributed by atoms with E-state index in [1.807, 2.05) is 19.1 Å². The highest BCUT2D eigenvalue weighted by atomic mass is 16.5. The smallest absolute Gasteiger partial charge is 0.308 e. The Kier molecular flexibility index (Phi) is 4.43. The molecule has 122 valence electrons. The first-order chi connectivity index (χ1) is 11.1. The molecule has 1 aliphatic rings. The van der Waals surface area contributed by atoms with Gasteiger partial charge in [-0.2, -0.15) is 0 Å². The number of aromatic nitrogens is 2. The van der Waals surface area contributed by atoms with Gasteiger partial charge in [0.05, 0.1) is 18.7 Å². The zero-order chi connectivity index (χ0) is 16.4. The number of piperidine rings is 1. The van der Waals surface area contributed by atoms with Crippen LogP contribution in [0.4, 0.5) is 0 Å². The monoisotopic (exact) mass is 315 g/mol. The Bertz CT molecular complexity index is 776. The number of hydrogen-bond donors (Lipinski definition) is 0. The van der Waals surface area contributed by atoms with Crippen LogP contribution in [0.15, 0.2) is 29.2 Å². The number of methoxy groups -OCH3 is 1. The molecule has 0 amide bonds. The molecule has 0 saturated carbocycles. The van der Waals surface area contributed by atoms with E-state index in [-0.39, 0.29) is 17.4 Å². The molecule has 3 heterocycles. The molecule has 1 saturated heterocycles. The summed E-state index contributed by atoms with van der Waals surface area (Å²) in [5.74, 6) is -0.128. The quantitative estimate of drug-likeness (QED) is 0.801. The van der Waals surface area contributed by atoms with Crippen LogP contribution < -0.4 is 5.56 Å². The molecular weight excluding hydrogens is 294 g/mol. The van der Waals surface area contributed by atoms with Gasteiger partial charge in [-0.1, -0.05) is 6.07 Å². The number of pyridine rings is 1. The van der Waals surface area contributed by atoms with Crippen molar-refractivity contribution in [1.82, 2.24) is 14.3 Å². The van der Waals surface area contributed by atoms with Crippen molar-refractivity contribution in [2.45, 2.75) is 26.3 Å². The van der Waals surface area contributed by atoms with Crippen LogP contribution in [-0.4, -0.2) is 40.5 Å². The first kappa shape index (κ1) is 15.7. The molecule has 0 atom stereocenters. The highest BCUT2D eigenvalue weighted by molar-refractivity contribution is 5.72. The predicted octanol–water partition coefficient (Wildman–Crippen LogP) is 1.39. The minimum atomic E-state index is -0.123. The first-order valence-electron chi connectivity index (χ1n) is 7.86. The average Bonchev–Trinajstić information content (AvgIpc) is 2.55. The van der Waals surface area contributed by atoms with Gasteiger partial charge >= 0.3 is 5.97 Å². The number of hydrogen-bond acceptors (Lipinski definition) is 5. The molecule has 6 heteroatoms. The highest BCUT2D eigenvalue weighted by Crippen LogP contribution is 2.19. The van der Waals surface area contributed by atoms with Crippen molar-refractivity contribution in [2.24, 2.45) is 5.92 Å². The van der Waals surface area contributed by atoms with Gasteiger partial charge in [-0.05, 0) is 44.5 Å². The molecule has 23 heavy (non-hydrogen) atoms. The molecule has 1 aliphatic heterocycles. The lowest BCUT2D eigenvalue weighted by Crippen LogP contribution is -2.36. The molecule has 2 aromatic heterocycles. The van der Waals surface area contributed by atoms with E-state index >= 15 is 0 Å². The van der Waals surface area contributed by atoms with Gasteiger partial charge in [0.25, 0.3) is 5.56 Å². The van der Waals surface area contributed by atoms with Crippen molar-refractivity contribution < 1.29 is 9.53 Å². The summed E-state index contributed by atoms with van der Waals surface area (Å²) in [5, 5.41) is 0. The zero-order valence-corrected chi connectivity index (χ0v) is 13.5. The van der Waals surface area contributed by atoms with Crippen molar-refractivity contribution >= 4 is 11.6 Å². The van der Waals surface area contributed by atoms with Gasteiger partial charge in [0.2, 0.25) is 0 Å². The van der Waals surface area contributed by atoms with E-state index in [4.69, 9.17) is 4.74 Å². The average molecular weight is 315 g/mol. The van der Waals surface area contributed by atoms with Gasteiger partial charge in [-0.25, -0.2) is 4.98 Å². The Balaban J connectivity index is 1.72. The summed E-state index contributed by atoms with van der Waals surface area (Å²) < 4.78 is 6.37. The van der Waals surface area contributed by atoms with E-state index in [0.717, 1.165) is 37.2 Å². The summed E-state index contributed by atoms with van der Waals surface area (Å²) in [6, 6.07) is 5.41. The van der Waals surface area contributed by atoms with Crippen LogP contribution in [0.1, 0.15) is 24.1 Å². The summed E-state index contributed by atoms with van der Waals surface area (Å²) in [5.41, 5.74) is 2.41. The molecule has 6 nitrogen and oxygen atoms in total. The summed E-state index contributed by atoms with van der Waals surface area (Å²) in [6.07, 6.45) is 3.38. The van der Waals surface area contributed by atoms with Crippen molar-refractivity contribution in [3.8, 4) is 0 Å². The maximum Gasteiger partial charge on any atom is 0.308 e. The summed E-state index contributed by atoms with van der Waals surface area (Å²) in [4.78, 5) is 30.6. The third kappa shape index (κ3) is 3.42. The lowest BCUT2D eigenvalue weighted by atomic mass is 9.97. The van der Waals surface area contributed by atoms with E-state index in [9.17, 15) is 9.59 Å². The third-order valence-electron chi connectivity index (χ3n) is 4.37. The molecule has 0 aliphatic carbocycles. The van der Waals surface area contributed by atoms with Gasteiger partial charge in [-0.15, -0.1) is 0 Å². The van der Waals surface area contributed by atoms with Crippen LogP contribution in [0.2, 0.25) is 0 Å². The fourth-order valence-corrected chi connectivity index (χ4v) is 3.06. The number of carbonyl (C=O) groups excluding carboxylic acids is 1. The van der Waals surface area contributed by atoms with Crippen molar-refractivity contribution in [1.29, 1.82) is 0 Å². The largest absolute Gasteiger partial charge is 0.469 e. The second-order valence-electron chi connectivity index (χ2n) is 6.09. The number of ether oxygens (including phenoxy) is 1. The molecule has 0 N–H and O–H groups in total.